The van der Waals surface area contributed by atoms with Gasteiger partial charge in [0.1, 0.15) is 4.88 Å². The van der Waals surface area contributed by atoms with Gasteiger partial charge in [0.05, 0.1) is 10.4 Å². The van der Waals surface area contributed by atoms with Gasteiger partial charge < -0.3 is 10.6 Å². The van der Waals surface area contributed by atoms with Gasteiger partial charge in [-0.25, -0.2) is 0 Å². The number of carbonyl (C=O) groups is 1. The largest absolute Gasteiger partial charge is 0.397 e. The highest BCUT2D eigenvalue weighted by Gasteiger charge is 2.28. The molecule has 5 heteroatoms. The van der Waals surface area contributed by atoms with Crippen LogP contribution in [0, 0.1) is 0 Å². The van der Waals surface area contributed by atoms with Gasteiger partial charge in [-0.1, -0.05) is 0 Å². The van der Waals surface area contributed by atoms with E-state index in [2.05, 4.69) is 11.9 Å². The summed E-state index contributed by atoms with van der Waals surface area (Å²) in [5.74, 6) is 0.0682. The average Bonchev–Trinajstić information content (AvgIpc) is 2.94. The first-order valence-corrected chi connectivity index (χ1v) is 6.93. The third kappa shape index (κ3) is 1.66. The van der Waals surface area contributed by atoms with Crippen LogP contribution in [0.4, 0.5) is 5.69 Å². The van der Waals surface area contributed by atoms with E-state index in [0.29, 0.717) is 16.6 Å². The number of nitrogens with zero attached hydrogens (tertiary/aromatic N) is 2. The molecule has 1 aliphatic rings. The van der Waals surface area contributed by atoms with Gasteiger partial charge in [-0.05, 0) is 25.8 Å². The summed E-state index contributed by atoms with van der Waals surface area (Å²) in [7, 11) is 0. The molecule has 94 valence electrons. The molecule has 0 aromatic carbocycles. The summed E-state index contributed by atoms with van der Waals surface area (Å²) < 4.78 is 0.977. The Morgan fingerprint density at radius 1 is 1.61 bits per heavy atom. The molecule has 1 atom stereocenters. The molecule has 0 bridgehead atoms. The van der Waals surface area contributed by atoms with Crippen molar-refractivity contribution in [2.24, 2.45) is 0 Å². The monoisotopic (exact) mass is 261 g/mol. The molecule has 2 aromatic heterocycles. The smallest absolute Gasteiger partial charge is 0.266 e. The van der Waals surface area contributed by atoms with Gasteiger partial charge in [-0.15, -0.1) is 11.3 Å². The summed E-state index contributed by atoms with van der Waals surface area (Å²) in [4.78, 5) is 19.1. The SMILES string of the molecule is CC1CCCN1C(=O)c1sc2cnccc2c1N. The van der Waals surface area contributed by atoms with Crippen molar-refractivity contribution in [2.75, 3.05) is 12.3 Å². The Bertz CT molecular complexity index is 607. The van der Waals surface area contributed by atoms with Crippen LogP contribution in [0.1, 0.15) is 29.4 Å². The molecule has 0 radical (unpaired) electrons. The van der Waals surface area contributed by atoms with Crippen LogP contribution in [0.15, 0.2) is 18.5 Å². The third-order valence-corrected chi connectivity index (χ3v) is 4.68. The molecular formula is C13H15N3OS. The Labute approximate surface area is 109 Å². The molecule has 1 aliphatic heterocycles. The van der Waals surface area contributed by atoms with Crippen LogP contribution in [0.5, 0.6) is 0 Å². The second-order valence-electron chi connectivity index (χ2n) is 4.71. The van der Waals surface area contributed by atoms with Crippen molar-refractivity contribution in [3.05, 3.63) is 23.3 Å². The molecule has 2 N–H and O–H groups in total. The summed E-state index contributed by atoms with van der Waals surface area (Å²) in [6.45, 7) is 2.93. The summed E-state index contributed by atoms with van der Waals surface area (Å²) >= 11 is 1.44. The van der Waals surface area contributed by atoms with E-state index in [1.165, 1.54) is 11.3 Å². The number of aromatic nitrogens is 1. The first kappa shape index (κ1) is 11.5. The minimum atomic E-state index is 0.0682. The summed E-state index contributed by atoms with van der Waals surface area (Å²) in [5.41, 5.74) is 6.69. The second kappa shape index (κ2) is 4.24. The Morgan fingerprint density at radius 3 is 3.11 bits per heavy atom. The highest BCUT2D eigenvalue weighted by molar-refractivity contribution is 7.21. The maximum absolute atomic E-state index is 12.5. The van der Waals surface area contributed by atoms with Crippen LogP contribution < -0.4 is 5.73 Å². The minimum absolute atomic E-state index is 0.0682. The Kier molecular flexibility index (Phi) is 2.70. The van der Waals surface area contributed by atoms with E-state index in [9.17, 15) is 4.79 Å². The fraction of sp³-hybridized carbons (Fsp3) is 0.385. The molecule has 3 rings (SSSR count). The number of carbonyl (C=O) groups excluding carboxylic acids is 1. The standard InChI is InChI=1S/C13H15N3OS/c1-8-3-2-6-16(8)13(17)12-11(14)9-4-5-15-7-10(9)18-12/h4-5,7-8H,2-3,6,14H2,1H3. The van der Waals surface area contributed by atoms with Crippen molar-refractivity contribution in [2.45, 2.75) is 25.8 Å². The van der Waals surface area contributed by atoms with Gasteiger partial charge in [-0.2, -0.15) is 0 Å². The molecular weight excluding hydrogens is 246 g/mol. The number of fused-ring (bicyclic) bond motifs is 1. The first-order chi connectivity index (χ1) is 8.68. The predicted molar refractivity (Wildman–Crippen MR) is 73.8 cm³/mol. The van der Waals surface area contributed by atoms with E-state index in [-0.39, 0.29) is 5.91 Å². The van der Waals surface area contributed by atoms with Crippen molar-refractivity contribution in [3.8, 4) is 0 Å². The van der Waals surface area contributed by atoms with Crippen molar-refractivity contribution in [3.63, 3.8) is 0 Å². The van der Waals surface area contributed by atoms with Gasteiger partial charge in [0.2, 0.25) is 0 Å². The number of pyridine rings is 1. The highest BCUT2D eigenvalue weighted by Crippen LogP contribution is 2.34. The van der Waals surface area contributed by atoms with E-state index >= 15 is 0 Å². The number of hydrogen-bond donors (Lipinski definition) is 1. The molecule has 2 aromatic rings. The number of nitrogen functional groups attached to an aromatic ring is 1. The molecule has 1 unspecified atom stereocenters. The Hall–Kier alpha value is -1.62. The van der Waals surface area contributed by atoms with Crippen LogP contribution in [0.2, 0.25) is 0 Å². The maximum Gasteiger partial charge on any atom is 0.266 e. The zero-order valence-electron chi connectivity index (χ0n) is 10.2. The zero-order chi connectivity index (χ0) is 12.7. The summed E-state index contributed by atoms with van der Waals surface area (Å²) in [6.07, 6.45) is 5.63. The maximum atomic E-state index is 12.5. The summed E-state index contributed by atoms with van der Waals surface area (Å²) in [5, 5.41) is 0.935. The minimum Gasteiger partial charge on any atom is -0.397 e. The summed E-state index contributed by atoms with van der Waals surface area (Å²) in [6, 6.07) is 2.19. The van der Waals surface area contributed by atoms with Gasteiger partial charge in [0, 0.05) is 30.4 Å². The van der Waals surface area contributed by atoms with E-state index in [4.69, 9.17) is 5.73 Å². The van der Waals surface area contributed by atoms with Crippen molar-refractivity contribution >= 4 is 33.0 Å². The van der Waals surface area contributed by atoms with Crippen molar-refractivity contribution in [1.82, 2.24) is 9.88 Å². The number of hydrogen-bond acceptors (Lipinski definition) is 4. The van der Waals surface area contributed by atoms with E-state index < -0.39 is 0 Å². The highest BCUT2D eigenvalue weighted by atomic mass is 32.1. The lowest BCUT2D eigenvalue weighted by Gasteiger charge is -2.20. The fourth-order valence-corrected chi connectivity index (χ4v) is 3.54. The van der Waals surface area contributed by atoms with Gasteiger partial charge >= 0.3 is 0 Å². The molecule has 1 saturated heterocycles. The fourth-order valence-electron chi connectivity index (χ4n) is 2.50. The van der Waals surface area contributed by atoms with Crippen LogP contribution in [-0.4, -0.2) is 28.4 Å². The predicted octanol–water partition coefficient (Wildman–Crippen LogP) is 2.50. The molecule has 1 amide bonds. The molecule has 0 saturated carbocycles. The number of likely N-dealkylation sites (tertiary alicyclic amines) is 1. The number of anilines is 1. The van der Waals surface area contributed by atoms with E-state index in [1.807, 2.05) is 11.0 Å². The lowest BCUT2D eigenvalue weighted by Crippen LogP contribution is -2.33. The molecule has 4 nitrogen and oxygen atoms in total. The second-order valence-corrected chi connectivity index (χ2v) is 5.76. The normalized spacial score (nSPS) is 19.6. The number of amides is 1. The molecule has 3 heterocycles. The topological polar surface area (TPSA) is 59.2 Å². The third-order valence-electron chi connectivity index (χ3n) is 3.54. The van der Waals surface area contributed by atoms with Crippen LogP contribution >= 0.6 is 11.3 Å². The van der Waals surface area contributed by atoms with Crippen LogP contribution in [0.3, 0.4) is 0 Å². The number of rotatable bonds is 1. The molecule has 0 spiro atoms. The Balaban J connectivity index is 2.04. The molecule has 1 fully saturated rings. The first-order valence-electron chi connectivity index (χ1n) is 6.11. The molecule has 0 aliphatic carbocycles. The van der Waals surface area contributed by atoms with Crippen LogP contribution in [-0.2, 0) is 0 Å². The lowest BCUT2D eigenvalue weighted by atomic mass is 10.2. The van der Waals surface area contributed by atoms with Gasteiger partial charge in [0.15, 0.2) is 0 Å². The Morgan fingerprint density at radius 2 is 2.44 bits per heavy atom. The van der Waals surface area contributed by atoms with Gasteiger partial charge in [0.25, 0.3) is 5.91 Å². The number of thiophene rings is 1. The van der Waals surface area contributed by atoms with Gasteiger partial charge in [-0.3, -0.25) is 9.78 Å². The zero-order valence-corrected chi connectivity index (χ0v) is 11.0. The van der Waals surface area contributed by atoms with E-state index in [1.54, 1.807) is 12.4 Å². The average molecular weight is 261 g/mol. The van der Waals surface area contributed by atoms with Crippen LogP contribution in [0.25, 0.3) is 10.1 Å². The lowest BCUT2D eigenvalue weighted by molar-refractivity contribution is 0.0753. The van der Waals surface area contributed by atoms with E-state index in [0.717, 1.165) is 29.5 Å². The van der Waals surface area contributed by atoms with Crippen molar-refractivity contribution < 1.29 is 4.79 Å². The number of nitrogens with two attached hydrogens (primary N) is 1. The van der Waals surface area contributed by atoms with Crippen molar-refractivity contribution in [1.29, 1.82) is 0 Å². The quantitative estimate of drug-likeness (QED) is 0.858. The molecule has 18 heavy (non-hydrogen) atoms.